The molecule has 0 spiro atoms. The Balaban J connectivity index is 1.61. The van der Waals surface area contributed by atoms with Gasteiger partial charge in [0.1, 0.15) is 0 Å². The van der Waals surface area contributed by atoms with Gasteiger partial charge in [0.25, 0.3) is 0 Å². The summed E-state index contributed by atoms with van der Waals surface area (Å²) in [5.74, 6) is 1.49. The second kappa shape index (κ2) is 12.1. The monoisotopic (exact) mass is 426 g/mol. The molecule has 6 nitrogen and oxygen atoms in total. The summed E-state index contributed by atoms with van der Waals surface area (Å²) in [5.41, 5.74) is 1.29. The molecule has 2 N–H and O–H groups in total. The van der Waals surface area contributed by atoms with Crippen molar-refractivity contribution in [1.29, 1.82) is 0 Å². The third kappa shape index (κ3) is 7.51. The minimum atomic E-state index is 0.630. The number of methoxy groups -OCH3 is 1. The molecule has 2 rings (SSSR count). The van der Waals surface area contributed by atoms with Crippen molar-refractivity contribution in [1.82, 2.24) is 10.6 Å². The Labute approximate surface area is 165 Å². The summed E-state index contributed by atoms with van der Waals surface area (Å²) in [4.78, 5) is 6.75. The molecule has 1 unspecified atom stereocenters. The predicted molar refractivity (Wildman–Crippen MR) is 111 cm³/mol. The summed E-state index contributed by atoms with van der Waals surface area (Å²) in [7, 11) is 3.50. The standard InChI is InChI=1S/C19H31BrN4O2/c1-21-19(22-8-4-10-26-12-11-25-2)23-14-16-7-9-24(15-16)18-6-3-5-17(20)13-18/h3,5-6,13,16H,4,7-12,14-15H2,1-2H3,(H2,21,22,23). The lowest BCUT2D eigenvalue weighted by molar-refractivity contribution is 0.0698. The number of aliphatic imine (C=N–C) groups is 1. The molecule has 1 aliphatic heterocycles. The fourth-order valence-electron chi connectivity index (χ4n) is 2.99. The minimum Gasteiger partial charge on any atom is -0.382 e. The first-order chi connectivity index (χ1) is 12.7. The van der Waals surface area contributed by atoms with E-state index in [4.69, 9.17) is 9.47 Å². The van der Waals surface area contributed by atoms with Gasteiger partial charge in [-0.2, -0.15) is 0 Å². The number of ether oxygens (including phenoxy) is 2. The molecule has 0 saturated carbocycles. The van der Waals surface area contributed by atoms with Crippen LogP contribution >= 0.6 is 15.9 Å². The topological polar surface area (TPSA) is 58.1 Å². The molecule has 7 heteroatoms. The first-order valence-electron chi connectivity index (χ1n) is 9.24. The first kappa shape index (κ1) is 21.0. The Morgan fingerprint density at radius 3 is 2.96 bits per heavy atom. The van der Waals surface area contributed by atoms with Crippen LogP contribution in [0.3, 0.4) is 0 Å². The van der Waals surface area contributed by atoms with E-state index < -0.39 is 0 Å². The smallest absolute Gasteiger partial charge is 0.190 e. The van der Waals surface area contributed by atoms with Crippen LogP contribution in [-0.4, -0.2) is 66.1 Å². The maximum atomic E-state index is 5.46. The molecule has 0 bridgehead atoms. The largest absolute Gasteiger partial charge is 0.382 e. The maximum Gasteiger partial charge on any atom is 0.190 e. The summed E-state index contributed by atoms with van der Waals surface area (Å²) in [6, 6.07) is 8.52. The molecule has 1 aliphatic rings. The molecule has 0 aromatic heterocycles. The summed E-state index contributed by atoms with van der Waals surface area (Å²) < 4.78 is 11.5. The fraction of sp³-hybridized carbons (Fsp3) is 0.632. The second-order valence-corrected chi connectivity index (χ2v) is 7.33. The molecule has 1 aromatic carbocycles. The number of nitrogens with one attached hydrogen (secondary N) is 2. The Hall–Kier alpha value is -1.31. The Morgan fingerprint density at radius 2 is 2.19 bits per heavy atom. The molecular formula is C19H31BrN4O2. The zero-order valence-electron chi connectivity index (χ0n) is 15.8. The number of guanidine groups is 1. The highest BCUT2D eigenvalue weighted by Gasteiger charge is 2.22. The number of nitrogens with zero attached hydrogens (tertiary/aromatic N) is 2. The van der Waals surface area contributed by atoms with Crippen LogP contribution in [0.15, 0.2) is 33.7 Å². The van der Waals surface area contributed by atoms with Crippen molar-refractivity contribution in [3.8, 4) is 0 Å². The molecule has 1 atom stereocenters. The molecule has 146 valence electrons. The summed E-state index contributed by atoms with van der Waals surface area (Å²) in [6.45, 7) is 6.00. The van der Waals surface area contributed by atoms with Crippen molar-refractivity contribution in [2.75, 3.05) is 65.1 Å². The Morgan fingerprint density at radius 1 is 1.31 bits per heavy atom. The fourth-order valence-corrected chi connectivity index (χ4v) is 3.38. The summed E-state index contributed by atoms with van der Waals surface area (Å²) in [5, 5.41) is 6.79. The molecule has 0 amide bonds. The lowest BCUT2D eigenvalue weighted by atomic mass is 10.1. The number of benzene rings is 1. The van der Waals surface area contributed by atoms with E-state index in [-0.39, 0.29) is 0 Å². The van der Waals surface area contributed by atoms with Gasteiger partial charge in [0.05, 0.1) is 13.2 Å². The van der Waals surface area contributed by atoms with Gasteiger partial charge < -0.3 is 25.0 Å². The average Bonchev–Trinajstić information content (AvgIpc) is 3.12. The summed E-state index contributed by atoms with van der Waals surface area (Å²) in [6.07, 6.45) is 2.15. The SMILES string of the molecule is CN=C(NCCCOCCOC)NCC1CCN(c2cccc(Br)c2)C1. The lowest BCUT2D eigenvalue weighted by Crippen LogP contribution is -2.40. The van der Waals surface area contributed by atoms with Crippen LogP contribution in [0.1, 0.15) is 12.8 Å². The summed E-state index contributed by atoms with van der Waals surface area (Å²) >= 11 is 3.55. The highest BCUT2D eigenvalue weighted by atomic mass is 79.9. The van der Waals surface area contributed by atoms with Gasteiger partial charge in [-0.1, -0.05) is 22.0 Å². The van der Waals surface area contributed by atoms with Crippen LogP contribution < -0.4 is 15.5 Å². The van der Waals surface area contributed by atoms with Crippen molar-refractivity contribution in [2.45, 2.75) is 12.8 Å². The third-order valence-electron chi connectivity index (χ3n) is 4.43. The van der Waals surface area contributed by atoms with Crippen LogP contribution in [-0.2, 0) is 9.47 Å². The van der Waals surface area contributed by atoms with Gasteiger partial charge >= 0.3 is 0 Å². The molecular weight excluding hydrogens is 396 g/mol. The van der Waals surface area contributed by atoms with Crippen molar-refractivity contribution in [2.24, 2.45) is 10.9 Å². The molecule has 1 fully saturated rings. The molecule has 1 heterocycles. The molecule has 0 radical (unpaired) electrons. The number of halogens is 1. The zero-order chi connectivity index (χ0) is 18.6. The van der Waals surface area contributed by atoms with E-state index in [2.05, 4.69) is 60.7 Å². The molecule has 0 aliphatic carbocycles. The second-order valence-electron chi connectivity index (χ2n) is 6.42. The van der Waals surface area contributed by atoms with E-state index in [1.54, 1.807) is 7.11 Å². The van der Waals surface area contributed by atoms with Crippen molar-refractivity contribution in [3.63, 3.8) is 0 Å². The van der Waals surface area contributed by atoms with E-state index in [1.807, 2.05) is 7.05 Å². The Bertz CT molecular complexity index is 556. The van der Waals surface area contributed by atoms with Gasteiger partial charge in [-0.25, -0.2) is 0 Å². The number of hydrogen-bond acceptors (Lipinski definition) is 4. The van der Waals surface area contributed by atoms with Crippen molar-refractivity contribution < 1.29 is 9.47 Å². The van der Waals surface area contributed by atoms with Gasteiger partial charge in [0.15, 0.2) is 5.96 Å². The molecule has 1 saturated heterocycles. The average molecular weight is 427 g/mol. The number of anilines is 1. The van der Waals surface area contributed by atoms with Crippen LogP contribution in [0.2, 0.25) is 0 Å². The minimum absolute atomic E-state index is 0.630. The van der Waals surface area contributed by atoms with E-state index in [0.29, 0.717) is 19.1 Å². The van der Waals surface area contributed by atoms with Crippen molar-refractivity contribution in [3.05, 3.63) is 28.7 Å². The predicted octanol–water partition coefficient (Wildman–Crippen LogP) is 2.49. The first-order valence-corrected chi connectivity index (χ1v) is 10.0. The number of hydrogen-bond donors (Lipinski definition) is 2. The zero-order valence-corrected chi connectivity index (χ0v) is 17.4. The van der Waals surface area contributed by atoms with Gasteiger partial charge in [0, 0.05) is 57.1 Å². The van der Waals surface area contributed by atoms with E-state index in [1.165, 1.54) is 12.1 Å². The van der Waals surface area contributed by atoms with Crippen LogP contribution in [0.4, 0.5) is 5.69 Å². The van der Waals surface area contributed by atoms with Crippen molar-refractivity contribution >= 4 is 27.6 Å². The van der Waals surface area contributed by atoms with E-state index in [0.717, 1.165) is 49.6 Å². The van der Waals surface area contributed by atoms with E-state index >= 15 is 0 Å². The van der Waals surface area contributed by atoms with Gasteiger partial charge in [0.2, 0.25) is 0 Å². The highest BCUT2D eigenvalue weighted by molar-refractivity contribution is 9.10. The molecule has 1 aromatic rings. The van der Waals surface area contributed by atoms with Crippen LogP contribution in [0.25, 0.3) is 0 Å². The maximum absolute atomic E-state index is 5.46. The van der Waals surface area contributed by atoms with Gasteiger partial charge in [-0.15, -0.1) is 0 Å². The van der Waals surface area contributed by atoms with Crippen LogP contribution in [0, 0.1) is 5.92 Å². The quantitative estimate of drug-likeness (QED) is 0.342. The highest BCUT2D eigenvalue weighted by Crippen LogP contribution is 2.25. The third-order valence-corrected chi connectivity index (χ3v) is 4.92. The normalized spacial score (nSPS) is 17.6. The van der Waals surface area contributed by atoms with Crippen LogP contribution in [0.5, 0.6) is 0 Å². The van der Waals surface area contributed by atoms with Gasteiger partial charge in [-0.3, -0.25) is 4.99 Å². The number of rotatable bonds is 10. The van der Waals surface area contributed by atoms with E-state index in [9.17, 15) is 0 Å². The van der Waals surface area contributed by atoms with Gasteiger partial charge in [-0.05, 0) is 37.0 Å². The Kier molecular flexibility index (Phi) is 9.81. The lowest BCUT2D eigenvalue weighted by Gasteiger charge is -2.19. The molecule has 26 heavy (non-hydrogen) atoms.